The van der Waals surface area contributed by atoms with Gasteiger partial charge in [0.05, 0.1) is 5.02 Å². The zero-order valence-corrected chi connectivity index (χ0v) is 21.8. The van der Waals surface area contributed by atoms with Crippen molar-refractivity contribution in [3.63, 3.8) is 0 Å². The summed E-state index contributed by atoms with van der Waals surface area (Å²) in [6.45, 7) is 1.98. The second-order valence-electron chi connectivity index (χ2n) is 8.28. The molecule has 0 aliphatic heterocycles. The first kappa shape index (κ1) is 25.9. The van der Waals surface area contributed by atoms with Gasteiger partial charge >= 0.3 is 0 Å². The molecule has 1 saturated carbocycles. The molecule has 5 nitrogen and oxygen atoms in total. The molecule has 2 aromatic rings. The summed E-state index contributed by atoms with van der Waals surface area (Å²) in [4.78, 5) is 28.1. The Hall–Kier alpha value is -1.76. The van der Waals surface area contributed by atoms with E-state index in [1.165, 1.54) is 6.42 Å². The number of nitrogens with one attached hydrogen (secondary N) is 1. The molecule has 0 unspecified atom stereocenters. The Balaban J connectivity index is 1.76. The van der Waals surface area contributed by atoms with Gasteiger partial charge in [0, 0.05) is 22.1 Å². The molecule has 1 atom stereocenters. The third kappa shape index (κ3) is 7.62. The predicted molar refractivity (Wildman–Crippen MR) is 136 cm³/mol. The molecule has 0 bridgehead atoms. The smallest absolute Gasteiger partial charge is 0.261 e. The van der Waals surface area contributed by atoms with Gasteiger partial charge in [-0.2, -0.15) is 0 Å². The molecule has 8 heteroatoms. The molecule has 2 amide bonds. The van der Waals surface area contributed by atoms with Crippen molar-refractivity contribution in [3.8, 4) is 5.75 Å². The van der Waals surface area contributed by atoms with Crippen LogP contribution >= 0.6 is 39.1 Å². The molecule has 1 aliphatic carbocycles. The summed E-state index contributed by atoms with van der Waals surface area (Å²) >= 11 is 15.6. The highest BCUT2D eigenvalue weighted by molar-refractivity contribution is 9.10. The maximum Gasteiger partial charge on any atom is 0.261 e. The number of benzene rings is 2. The number of ether oxygens (including phenoxy) is 1. The predicted octanol–water partition coefficient (Wildman–Crippen LogP) is 6.39. The molecule has 178 valence electrons. The third-order valence-electron chi connectivity index (χ3n) is 5.85. The van der Waals surface area contributed by atoms with E-state index in [9.17, 15) is 9.59 Å². The van der Waals surface area contributed by atoms with Gasteiger partial charge in [-0.1, -0.05) is 77.5 Å². The maximum absolute atomic E-state index is 13.3. The number of amides is 2. The molecule has 1 fully saturated rings. The number of halogens is 3. The lowest BCUT2D eigenvalue weighted by atomic mass is 9.95. The van der Waals surface area contributed by atoms with Crippen molar-refractivity contribution in [2.45, 2.75) is 64.1 Å². The van der Waals surface area contributed by atoms with Crippen LogP contribution in [-0.2, 0) is 16.1 Å². The van der Waals surface area contributed by atoms with Crippen LogP contribution in [-0.4, -0.2) is 35.4 Å². The number of carbonyl (C=O) groups excluding carboxylic acids is 2. The lowest BCUT2D eigenvalue weighted by molar-refractivity contribution is -0.143. The summed E-state index contributed by atoms with van der Waals surface area (Å²) in [6, 6.07) is 12.1. The van der Waals surface area contributed by atoms with E-state index in [1.807, 2.05) is 19.1 Å². The fraction of sp³-hybridized carbons (Fsp3) is 0.440. The van der Waals surface area contributed by atoms with Crippen LogP contribution < -0.4 is 10.1 Å². The van der Waals surface area contributed by atoms with Crippen molar-refractivity contribution < 1.29 is 14.3 Å². The van der Waals surface area contributed by atoms with E-state index in [-0.39, 0.29) is 31.0 Å². The molecular formula is C25H29BrCl2N2O3. The van der Waals surface area contributed by atoms with Crippen molar-refractivity contribution in [3.05, 3.63) is 62.5 Å². The van der Waals surface area contributed by atoms with E-state index in [2.05, 4.69) is 21.2 Å². The number of nitrogens with zero attached hydrogens (tertiary/aromatic N) is 1. The van der Waals surface area contributed by atoms with Gasteiger partial charge in [0.2, 0.25) is 5.91 Å². The van der Waals surface area contributed by atoms with E-state index in [0.717, 1.165) is 35.7 Å². The van der Waals surface area contributed by atoms with Gasteiger partial charge < -0.3 is 15.0 Å². The van der Waals surface area contributed by atoms with E-state index < -0.39 is 6.04 Å². The summed E-state index contributed by atoms with van der Waals surface area (Å²) in [5.74, 6) is 0.0160. The number of hydrogen-bond donors (Lipinski definition) is 1. The van der Waals surface area contributed by atoms with Gasteiger partial charge in [0.1, 0.15) is 11.8 Å². The molecular weight excluding hydrogens is 527 g/mol. The monoisotopic (exact) mass is 554 g/mol. The van der Waals surface area contributed by atoms with Crippen LogP contribution in [0.2, 0.25) is 10.0 Å². The van der Waals surface area contributed by atoms with Crippen LogP contribution in [0.15, 0.2) is 46.9 Å². The number of hydrogen-bond acceptors (Lipinski definition) is 3. The highest BCUT2D eigenvalue weighted by atomic mass is 79.9. The van der Waals surface area contributed by atoms with Crippen LogP contribution in [0.5, 0.6) is 5.75 Å². The van der Waals surface area contributed by atoms with Gasteiger partial charge in [0.15, 0.2) is 6.61 Å². The summed E-state index contributed by atoms with van der Waals surface area (Å²) in [6.07, 6.45) is 5.92. The minimum atomic E-state index is -0.598. The van der Waals surface area contributed by atoms with Crippen LogP contribution in [0.1, 0.15) is 51.0 Å². The average molecular weight is 556 g/mol. The molecule has 2 aromatic carbocycles. The van der Waals surface area contributed by atoms with E-state index in [4.69, 9.17) is 27.9 Å². The first-order chi connectivity index (χ1) is 15.9. The van der Waals surface area contributed by atoms with Gasteiger partial charge in [-0.15, -0.1) is 0 Å². The van der Waals surface area contributed by atoms with Crippen LogP contribution in [0.3, 0.4) is 0 Å². The third-order valence-corrected chi connectivity index (χ3v) is 6.89. The van der Waals surface area contributed by atoms with Crippen molar-refractivity contribution in [1.29, 1.82) is 0 Å². The molecule has 0 aromatic heterocycles. The van der Waals surface area contributed by atoms with Gasteiger partial charge in [-0.3, -0.25) is 9.59 Å². The van der Waals surface area contributed by atoms with E-state index >= 15 is 0 Å². The summed E-state index contributed by atoms with van der Waals surface area (Å²) in [5.41, 5.74) is 0.887. The first-order valence-electron chi connectivity index (χ1n) is 11.3. The fourth-order valence-corrected chi connectivity index (χ4v) is 4.92. The highest BCUT2D eigenvalue weighted by Gasteiger charge is 2.30. The normalized spacial score (nSPS) is 15.0. The second kappa shape index (κ2) is 12.6. The van der Waals surface area contributed by atoms with Gasteiger partial charge in [-0.05, 0) is 55.2 Å². The topological polar surface area (TPSA) is 58.6 Å². The Morgan fingerprint density at radius 1 is 1.12 bits per heavy atom. The Labute approximate surface area is 213 Å². The Kier molecular flexibility index (Phi) is 9.90. The zero-order valence-electron chi connectivity index (χ0n) is 18.7. The van der Waals surface area contributed by atoms with Crippen LogP contribution in [0.25, 0.3) is 0 Å². The van der Waals surface area contributed by atoms with Crippen molar-refractivity contribution >= 4 is 50.9 Å². The molecule has 0 saturated heterocycles. The molecule has 33 heavy (non-hydrogen) atoms. The highest BCUT2D eigenvalue weighted by Crippen LogP contribution is 2.28. The molecule has 0 spiro atoms. The average Bonchev–Trinajstić information content (AvgIpc) is 2.80. The molecule has 3 rings (SSSR count). The van der Waals surface area contributed by atoms with Gasteiger partial charge in [0.25, 0.3) is 5.91 Å². The maximum atomic E-state index is 13.3. The lowest BCUT2D eigenvalue weighted by Crippen LogP contribution is -2.52. The SMILES string of the molecule is CC[C@@H](C(=O)NC1CCCCC1)N(Cc1ccc(Cl)cc1)C(=O)COc1ccc(Br)cc1Cl. The quantitative estimate of drug-likeness (QED) is 0.390. The summed E-state index contributed by atoms with van der Waals surface area (Å²) < 4.78 is 6.54. The molecule has 0 heterocycles. The minimum Gasteiger partial charge on any atom is -0.482 e. The standard InChI is InChI=1S/C25H29BrCl2N2O3/c1-2-22(25(32)29-20-6-4-3-5-7-20)30(15-17-8-11-19(27)12-9-17)24(31)16-33-23-13-10-18(26)14-21(23)28/h8-14,20,22H,2-7,15-16H2,1H3,(H,29,32)/t22-/m0/s1. The fourth-order valence-electron chi connectivity index (χ4n) is 4.06. The molecule has 1 N–H and O–H groups in total. The Morgan fingerprint density at radius 2 is 1.82 bits per heavy atom. The van der Waals surface area contributed by atoms with Crippen molar-refractivity contribution in [1.82, 2.24) is 10.2 Å². The first-order valence-corrected chi connectivity index (χ1v) is 12.8. The zero-order chi connectivity index (χ0) is 23.8. The van der Waals surface area contributed by atoms with Crippen LogP contribution in [0.4, 0.5) is 0 Å². The van der Waals surface area contributed by atoms with Crippen molar-refractivity contribution in [2.24, 2.45) is 0 Å². The Bertz CT molecular complexity index is 949. The Morgan fingerprint density at radius 3 is 2.45 bits per heavy atom. The lowest BCUT2D eigenvalue weighted by Gasteiger charge is -2.32. The van der Waals surface area contributed by atoms with Gasteiger partial charge in [-0.25, -0.2) is 0 Å². The largest absolute Gasteiger partial charge is 0.482 e. The van der Waals surface area contributed by atoms with E-state index in [0.29, 0.717) is 22.2 Å². The minimum absolute atomic E-state index is 0.117. The van der Waals surface area contributed by atoms with Crippen molar-refractivity contribution in [2.75, 3.05) is 6.61 Å². The van der Waals surface area contributed by atoms with E-state index in [1.54, 1.807) is 35.2 Å². The molecule has 0 radical (unpaired) electrons. The summed E-state index contributed by atoms with van der Waals surface area (Å²) in [5, 5.41) is 4.19. The number of rotatable bonds is 9. The molecule has 1 aliphatic rings. The second-order valence-corrected chi connectivity index (χ2v) is 10.0. The van der Waals surface area contributed by atoms with Crippen LogP contribution in [0, 0.1) is 0 Å². The summed E-state index contributed by atoms with van der Waals surface area (Å²) in [7, 11) is 0. The number of carbonyl (C=O) groups is 2.